The van der Waals surface area contributed by atoms with Crippen molar-refractivity contribution in [3.8, 4) is 0 Å². The molecule has 2 aromatic carbocycles. The predicted molar refractivity (Wildman–Crippen MR) is 111 cm³/mol. The minimum atomic E-state index is -0.0569. The Labute approximate surface area is 166 Å². The van der Waals surface area contributed by atoms with Crippen LogP contribution >= 0.6 is 23.4 Å². The predicted octanol–water partition coefficient (Wildman–Crippen LogP) is 4.71. The molecular weight excluding hydrogens is 380 g/mol. The summed E-state index contributed by atoms with van der Waals surface area (Å²) in [6, 6.07) is 13.8. The van der Waals surface area contributed by atoms with Gasteiger partial charge < -0.3 is 0 Å². The maximum atomic E-state index is 12.9. The van der Waals surface area contributed by atoms with Crippen LogP contribution in [0.1, 0.15) is 24.5 Å². The summed E-state index contributed by atoms with van der Waals surface area (Å²) in [6.07, 6.45) is 0.841. The molecule has 0 atom stereocenters. The zero-order chi connectivity index (χ0) is 19.0. The number of nitrogens with zero attached hydrogens (tertiary/aromatic N) is 4. The lowest BCUT2D eigenvalue weighted by Gasteiger charge is -2.10. The van der Waals surface area contributed by atoms with E-state index in [0.29, 0.717) is 22.7 Å². The maximum Gasteiger partial charge on any atom is 0.262 e. The number of aryl methyl sites for hydroxylation is 2. The highest BCUT2D eigenvalue weighted by molar-refractivity contribution is 7.98. The van der Waals surface area contributed by atoms with Crippen molar-refractivity contribution in [1.82, 2.24) is 19.2 Å². The Morgan fingerprint density at radius 3 is 2.63 bits per heavy atom. The van der Waals surface area contributed by atoms with E-state index in [4.69, 9.17) is 11.6 Å². The van der Waals surface area contributed by atoms with Gasteiger partial charge in [-0.2, -0.15) is 0 Å². The second kappa shape index (κ2) is 7.37. The van der Waals surface area contributed by atoms with Crippen LogP contribution in [0.15, 0.2) is 52.4 Å². The molecule has 0 fully saturated rings. The van der Waals surface area contributed by atoms with Gasteiger partial charge in [0.2, 0.25) is 5.78 Å². The minimum absolute atomic E-state index is 0.0569. The zero-order valence-corrected chi connectivity index (χ0v) is 16.7. The minimum Gasteiger partial charge on any atom is -0.276 e. The standard InChI is InChI=1S/C20H19ClN4OS/c1-3-10-24-18(26)16-9-8-15(21)11-17(16)25-19(24)22-23-20(25)27-12-14-6-4-13(2)5-7-14/h4-9,11H,3,10,12H2,1-2H3. The molecule has 0 aliphatic heterocycles. The molecule has 0 amide bonds. The summed E-state index contributed by atoms with van der Waals surface area (Å²) >= 11 is 7.81. The first-order valence-electron chi connectivity index (χ1n) is 8.84. The first-order valence-corrected chi connectivity index (χ1v) is 10.2. The van der Waals surface area contributed by atoms with E-state index in [0.717, 1.165) is 22.8 Å². The van der Waals surface area contributed by atoms with Gasteiger partial charge in [0.1, 0.15) is 0 Å². The molecule has 4 aromatic rings. The van der Waals surface area contributed by atoms with E-state index in [2.05, 4.69) is 41.4 Å². The smallest absolute Gasteiger partial charge is 0.262 e. The van der Waals surface area contributed by atoms with E-state index in [1.165, 1.54) is 11.1 Å². The molecule has 0 N–H and O–H groups in total. The summed E-state index contributed by atoms with van der Waals surface area (Å²) in [7, 11) is 0. The number of thioether (sulfide) groups is 1. The molecule has 0 aliphatic rings. The summed E-state index contributed by atoms with van der Waals surface area (Å²) < 4.78 is 3.64. The largest absolute Gasteiger partial charge is 0.276 e. The summed E-state index contributed by atoms with van der Waals surface area (Å²) in [5, 5.41) is 10.6. The number of rotatable bonds is 5. The van der Waals surface area contributed by atoms with Gasteiger partial charge in [-0.05, 0) is 37.1 Å². The van der Waals surface area contributed by atoms with E-state index in [1.807, 2.05) is 11.3 Å². The summed E-state index contributed by atoms with van der Waals surface area (Å²) in [4.78, 5) is 12.9. The van der Waals surface area contributed by atoms with Crippen LogP contribution in [0.3, 0.4) is 0 Å². The van der Waals surface area contributed by atoms with Crippen LogP contribution in [0.25, 0.3) is 16.7 Å². The third kappa shape index (κ3) is 3.35. The van der Waals surface area contributed by atoms with Crippen molar-refractivity contribution in [2.45, 2.75) is 37.7 Å². The van der Waals surface area contributed by atoms with Crippen molar-refractivity contribution in [3.05, 3.63) is 69.0 Å². The van der Waals surface area contributed by atoms with Crippen LogP contribution in [0.2, 0.25) is 5.02 Å². The normalized spacial score (nSPS) is 11.5. The lowest BCUT2D eigenvalue weighted by molar-refractivity contribution is 0.662. The molecule has 0 bridgehead atoms. The Hall–Kier alpha value is -2.31. The van der Waals surface area contributed by atoms with Crippen LogP contribution in [0.4, 0.5) is 0 Å². The second-order valence-corrected chi connectivity index (χ2v) is 7.89. The molecule has 0 spiro atoms. The molecule has 2 aromatic heterocycles. The Balaban J connectivity index is 1.86. The maximum absolute atomic E-state index is 12.9. The Morgan fingerprint density at radius 2 is 1.89 bits per heavy atom. The molecule has 0 unspecified atom stereocenters. The van der Waals surface area contributed by atoms with E-state index >= 15 is 0 Å². The Kier molecular flexibility index (Phi) is 4.93. The van der Waals surface area contributed by atoms with Crippen LogP contribution in [-0.2, 0) is 12.3 Å². The second-order valence-electron chi connectivity index (χ2n) is 6.51. The van der Waals surface area contributed by atoms with Crippen molar-refractivity contribution in [2.75, 3.05) is 0 Å². The first kappa shape index (κ1) is 18.1. The monoisotopic (exact) mass is 398 g/mol. The quantitative estimate of drug-likeness (QED) is 0.457. The third-order valence-electron chi connectivity index (χ3n) is 4.47. The van der Waals surface area contributed by atoms with Gasteiger partial charge in [-0.1, -0.05) is 60.1 Å². The first-order chi connectivity index (χ1) is 13.1. The van der Waals surface area contributed by atoms with Crippen LogP contribution in [0, 0.1) is 6.92 Å². The molecule has 4 rings (SSSR count). The fourth-order valence-electron chi connectivity index (χ4n) is 3.11. The Bertz CT molecular complexity index is 1180. The zero-order valence-electron chi connectivity index (χ0n) is 15.1. The highest BCUT2D eigenvalue weighted by Gasteiger charge is 2.17. The molecule has 0 aliphatic carbocycles. The highest BCUT2D eigenvalue weighted by atomic mass is 35.5. The van der Waals surface area contributed by atoms with Crippen LogP contribution < -0.4 is 5.56 Å². The SMILES string of the molecule is CCCn1c(=O)c2ccc(Cl)cc2n2c(SCc3ccc(C)cc3)nnc12. The van der Waals surface area contributed by atoms with Gasteiger partial charge in [0.25, 0.3) is 5.56 Å². The lowest BCUT2D eigenvalue weighted by Crippen LogP contribution is -2.23. The molecule has 0 saturated carbocycles. The van der Waals surface area contributed by atoms with E-state index < -0.39 is 0 Å². The molecule has 27 heavy (non-hydrogen) atoms. The van der Waals surface area contributed by atoms with E-state index in [1.54, 1.807) is 34.5 Å². The molecule has 138 valence electrons. The van der Waals surface area contributed by atoms with Crippen molar-refractivity contribution in [2.24, 2.45) is 0 Å². The highest BCUT2D eigenvalue weighted by Crippen LogP contribution is 2.26. The molecule has 0 saturated heterocycles. The molecular formula is C20H19ClN4OS. The molecule has 2 heterocycles. The topological polar surface area (TPSA) is 52.2 Å². The summed E-state index contributed by atoms with van der Waals surface area (Å²) in [6.45, 7) is 4.71. The molecule has 5 nitrogen and oxygen atoms in total. The fraction of sp³-hybridized carbons (Fsp3) is 0.250. The van der Waals surface area contributed by atoms with Gasteiger partial charge in [-0.25, -0.2) is 0 Å². The van der Waals surface area contributed by atoms with Gasteiger partial charge in [0, 0.05) is 17.3 Å². The lowest BCUT2D eigenvalue weighted by atomic mass is 10.2. The summed E-state index contributed by atoms with van der Waals surface area (Å²) in [5.74, 6) is 1.33. The number of hydrogen-bond acceptors (Lipinski definition) is 4. The van der Waals surface area contributed by atoms with Crippen molar-refractivity contribution < 1.29 is 0 Å². The average Bonchev–Trinajstić information content (AvgIpc) is 3.08. The molecule has 7 heteroatoms. The fourth-order valence-corrected chi connectivity index (χ4v) is 4.17. The average molecular weight is 399 g/mol. The van der Waals surface area contributed by atoms with Crippen molar-refractivity contribution >= 4 is 40.0 Å². The number of halogens is 1. The number of aromatic nitrogens is 4. The van der Waals surface area contributed by atoms with Crippen molar-refractivity contribution in [3.63, 3.8) is 0 Å². The summed E-state index contributed by atoms with van der Waals surface area (Å²) in [5.41, 5.74) is 3.14. The van der Waals surface area contributed by atoms with Crippen LogP contribution in [0.5, 0.6) is 0 Å². The molecule has 0 radical (unpaired) electrons. The van der Waals surface area contributed by atoms with Crippen molar-refractivity contribution in [1.29, 1.82) is 0 Å². The Morgan fingerprint density at radius 1 is 1.11 bits per heavy atom. The number of benzene rings is 2. The van der Waals surface area contributed by atoms with Gasteiger partial charge in [-0.3, -0.25) is 13.8 Å². The van der Waals surface area contributed by atoms with Gasteiger partial charge in [-0.15, -0.1) is 10.2 Å². The third-order valence-corrected chi connectivity index (χ3v) is 5.70. The number of fused-ring (bicyclic) bond motifs is 3. The van der Waals surface area contributed by atoms with E-state index in [-0.39, 0.29) is 5.56 Å². The van der Waals surface area contributed by atoms with Gasteiger partial charge >= 0.3 is 0 Å². The van der Waals surface area contributed by atoms with Crippen LogP contribution in [-0.4, -0.2) is 19.2 Å². The van der Waals surface area contributed by atoms with E-state index in [9.17, 15) is 4.79 Å². The number of hydrogen-bond donors (Lipinski definition) is 0. The van der Waals surface area contributed by atoms with Gasteiger partial charge in [0.15, 0.2) is 5.16 Å². The van der Waals surface area contributed by atoms with Gasteiger partial charge in [0.05, 0.1) is 10.9 Å².